The molecule has 3 rings (SSSR count). The van der Waals surface area contributed by atoms with Crippen LogP contribution in [0.5, 0.6) is 0 Å². The number of nitrogens with zero attached hydrogens (tertiary/aromatic N) is 1. The minimum Gasteiger partial charge on any atom is -0.345 e. The molecule has 136 valence electrons. The van der Waals surface area contributed by atoms with Gasteiger partial charge in [0, 0.05) is 17.8 Å². The number of sulfonamides is 1. The number of nitrogens with one attached hydrogen (secondary N) is 2. The first-order chi connectivity index (χ1) is 12.2. The average Bonchev–Trinajstić information content (AvgIpc) is 3.03. The van der Waals surface area contributed by atoms with E-state index >= 15 is 0 Å². The van der Waals surface area contributed by atoms with Crippen molar-refractivity contribution in [1.82, 2.24) is 9.97 Å². The topological polar surface area (TPSA) is 91.9 Å². The molecule has 0 fully saturated rings. The highest BCUT2D eigenvalue weighted by atomic mass is 35.5. The Balaban J connectivity index is 2.15. The van der Waals surface area contributed by atoms with E-state index in [1.807, 2.05) is 4.72 Å². The fourth-order valence-electron chi connectivity index (χ4n) is 2.41. The van der Waals surface area contributed by atoms with E-state index in [1.165, 1.54) is 25.4 Å². The van der Waals surface area contributed by atoms with Gasteiger partial charge in [-0.15, -0.1) is 0 Å². The van der Waals surface area contributed by atoms with Gasteiger partial charge in [0.1, 0.15) is 11.5 Å². The molecule has 3 aromatic rings. The Morgan fingerprint density at radius 2 is 2.04 bits per heavy atom. The van der Waals surface area contributed by atoms with E-state index in [1.54, 1.807) is 0 Å². The Labute approximate surface area is 152 Å². The summed E-state index contributed by atoms with van der Waals surface area (Å²) in [5.74, 6) is -3.72. The lowest BCUT2D eigenvalue weighted by Gasteiger charge is -2.11. The molecular weight excluding hydrogens is 388 g/mol. The Morgan fingerprint density at radius 3 is 2.73 bits per heavy atom. The molecule has 0 bridgehead atoms. The Bertz CT molecular complexity index is 1130. The predicted molar refractivity (Wildman–Crippen MR) is 94.0 cm³/mol. The summed E-state index contributed by atoms with van der Waals surface area (Å²) in [5.41, 5.74) is -1.20. The first kappa shape index (κ1) is 18.3. The van der Waals surface area contributed by atoms with Crippen molar-refractivity contribution in [2.75, 3.05) is 10.5 Å². The highest BCUT2D eigenvalue weighted by molar-refractivity contribution is 7.92. The van der Waals surface area contributed by atoms with Gasteiger partial charge in [-0.05, 0) is 25.1 Å². The number of aromatic nitrogens is 2. The molecule has 0 aliphatic carbocycles. The number of benzene rings is 1. The molecule has 2 N–H and O–H groups in total. The first-order valence-electron chi connectivity index (χ1n) is 7.40. The molecule has 0 saturated heterocycles. The zero-order valence-electron chi connectivity index (χ0n) is 13.3. The van der Waals surface area contributed by atoms with Crippen LogP contribution >= 0.6 is 11.6 Å². The number of H-pyrrole nitrogens is 1. The fourth-order valence-corrected chi connectivity index (χ4v) is 3.29. The second kappa shape index (κ2) is 6.65. The first-order valence-corrected chi connectivity index (χ1v) is 9.43. The second-order valence-corrected chi connectivity index (χ2v) is 7.76. The Kier molecular flexibility index (Phi) is 4.68. The van der Waals surface area contributed by atoms with E-state index in [4.69, 9.17) is 11.6 Å². The molecule has 0 amide bonds. The number of carbonyl (C=O) groups excluding carboxylic acids is 1. The molecule has 10 heteroatoms. The number of carbonyl (C=O) groups is 1. The summed E-state index contributed by atoms with van der Waals surface area (Å²) < 4.78 is 54.2. The average molecular weight is 400 g/mol. The van der Waals surface area contributed by atoms with Gasteiger partial charge in [0.25, 0.3) is 0 Å². The van der Waals surface area contributed by atoms with Crippen molar-refractivity contribution in [3.8, 4) is 0 Å². The van der Waals surface area contributed by atoms with Crippen LogP contribution in [0.1, 0.15) is 22.8 Å². The molecule has 0 aliphatic heterocycles. The van der Waals surface area contributed by atoms with E-state index in [2.05, 4.69) is 9.97 Å². The van der Waals surface area contributed by atoms with Crippen LogP contribution in [0.2, 0.25) is 5.02 Å². The number of anilines is 1. The van der Waals surface area contributed by atoms with Crippen molar-refractivity contribution in [2.45, 2.75) is 6.92 Å². The van der Waals surface area contributed by atoms with Crippen molar-refractivity contribution >= 4 is 44.1 Å². The van der Waals surface area contributed by atoms with Gasteiger partial charge in [0.2, 0.25) is 15.8 Å². The van der Waals surface area contributed by atoms with Crippen LogP contribution in [0, 0.1) is 11.6 Å². The van der Waals surface area contributed by atoms with Gasteiger partial charge >= 0.3 is 0 Å². The largest absolute Gasteiger partial charge is 0.345 e. The zero-order chi connectivity index (χ0) is 19.1. The predicted octanol–water partition coefficient (Wildman–Crippen LogP) is 3.49. The summed E-state index contributed by atoms with van der Waals surface area (Å²) in [4.78, 5) is 19.4. The second-order valence-electron chi connectivity index (χ2n) is 5.34. The van der Waals surface area contributed by atoms with Gasteiger partial charge in [0.05, 0.1) is 27.6 Å². The van der Waals surface area contributed by atoms with E-state index in [0.29, 0.717) is 0 Å². The number of pyridine rings is 1. The van der Waals surface area contributed by atoms with Crippen LogP contribution in [-0.4, -0.2) is 29.9 Å². The standard InChI is InChI=1S/C16H12ClF2N3O3S/c1-2-26(24,25)22-11-4-3-10(18)13(14(11)19)15(23)8-7-21-16-12(8)9(17)5-6-20-16/h3-7,22H,2H2,1H3,(H,20,21). The summed E-state index contributed by atoms with van der Waals surface area (Å²) >= 11 is 6.06. The molecule has 2 heterocycles. The summed E-state index contributed by atoms with van der Waals surface area (Å²) in [5, 5.41) is 0.403. The molecule has 6 nitrogen and oxygen atoms in total. The molecule has 0 aliphatic rings. The summed E-state index contributed by atoms with van der Waals surface area (Å²) in [6.07, 6.45) is 2.66. The third-order valence-corrected chi connectivity index (χ3v) is 5.34. The minimum atomic E-state index is -3.81. The third kappa shape index (κ3) is 3.15. The van der Waals surface area contributed by atoms with Crippen molar-refractivity contribution < 1.29 is 22.0 Å². The fraction of sp³-hybridized carbons (Fsp3) is 0.125. The van der Waals surface area contributed by atoms with E-state index < -0.39 is 38.7 Å². The van der Waals surface area contributed by atoms with Crippen LogP contribution in [0.15, 0.2) is 30.6 Å². The molecule has 0 radical (unpaired) electrons. The minimum absolute atomic E-state index is 0.0774. The van der Waals surface area contributed by atoms with Crippen LogP contribution in [0.25, 0.3) is 11.0 Å². The van der Waals surface area contributed by atoms with Gasteiger partial charge in [-0.2, -0.15) is 0 Å². The summed E-state index contributed by atoms with van der Waals surface area (Å²) in [6.45, 7) is 1.36. The lowest BCUT2D eigenvalue weighted by Crippen LogP contribution is -2.17. The van der Waals surface area contributed by atoms with Gasteiger partial charge < -0.3 is 4.98 Å². The maximum absolute atomic E-state index is 14.7. The Morgan fingerprint density at radius 1 is 1.31 bits per heavy atom. The molecule has 2 aromatic heterocycles. The lowest BCUT2D eigenvalue weighted by atomic mass is 10.0. The van der Waals surface area contributed by atoms with Crippen molar-refractivity contribution in [1.29, 1.82) is 0 Å². The smallest absolute Gasteiger partial charge is 0.232 e. The summed E-state index contributed by atoms with van der Waals surface area (Å²) in [6, 6.07) is 3.17. The van der Waals surface area contributed by atoms with Gasteiger partial charge in [-0.25, -0.2) is 22.2 Å². The monoisotopic (exact) mass is 399 g/mol. The number of halogens is 3. The van der Waals surface area contributed by atoms with Crippen LogP contribution in [0.3, 0.4) is 0 Å². The van der Waals surface area contributed by atoms with Crippen molar-refractivity contribution in [3.63, 3.8) is 0 Å². The van der Waals surface area contributed by atoms with Crippen molar-refractivity contribution in [3.05, 3.63) is 58.4 Å². The Hall–Kier alpha value is -2.52. The van der Waals surface area contributed by atoms with Crippen LogP contribution < -0.4 is 4.72 Å². The zero-order valence-corrected chi connectivity index (χ0v) is 14.9. The van der Waals surface area contributed by atoms with Crippen LogP contribution in [0.4, 0.5) is 14.5 Å². The molecule has 0 unspecified atom stereocenters. The number of rotatable bonds is 5. The molecular formula is C16H12ClF2N3O3S. The van der Waals surface area contributed by atoms with Gasteiger partial charge in [-0.3, -0.25) is 9.52 Å². The molecule has 0 spiro atoms. The third-order valence-electron chi connectivity index (χ3n) is 3.73. The number of hydrogen-bond donors (Lipinski definition) is 2. The quantitative estimate of drug-likeness (QED) is 0.642. The maximum atomic E-state index is 14.7. The number of fused-ring (bicyclic) bond motifs is 1. The molecule has 0 saturated carbocycles. The maximum Gasteiger partial charge on any atom is 0.232 e. The van der Waals surface area contributed by atoms with E-state index in [-0.39, 0.29) is 27.4 Å². The van der Waals surface area contributed by atoms with Gasteiger partial charge in [-0.1, -0.05) is 11.6 Å². The molecule has 0 atom stereocenters. The number of hydrogen-bond acceptors (Lipinski definition) is 4. The number of ketones is 1. The normalized spacial score (nSPS) is 11.7. The van der Waals surface area contributed by atoms with Crippen molar-refractivity contribution in [2.24, 2.45) is 0 Å². The van der Waals surface area contributed by atoms with Crippen LogP contribution in [-0.2, 0) is 10.0 Å². The highest BCUT2D eigenvalue weighted by Gasteiger charge is 2.26. The van der Waals surface area contributed by atoms with E-state index in [0.717, 1.165) is 12.1 Å². The summed E-state index contributed by atoms with van der Waals surface area (Å²) in [7, 11) is -3.81. The highest BCUT2D eigenvalue weighted by Crippen LogP contribution is 2.30. The SMILES string of the molecule is CCS(=O)(=O)Nc1ccc(F)c(C(=O)c2c[nH]c3nccc(Cl)c23)c1F. The molecule has 1 aromatic carbocycles. The van der Waals surface area contributed by atoms with E-state index in [9.17, 15) is 22.0 Å². The van der Waals surface area contributed by atoms with Gasteiger partial charge in [0.15, 0.2) is 5.82 Å². The lowest BCUT2D eigenvalue weighted by molar-refractivity contribution is 0.103. The number of aromatic amines is 1. The molecule has 26 heavy (non-hydrogen) atoms.